The SMILES string of the molecule is CCC(Nc1cccc(C#N)c1[N+](=O)[O-])C1CCCCC1. The van der Waals surface area contributed by atoms with Crippen molar-refractivity contribution in [3.8, 4) is 6.07 Å². The summed E-state index contributed by atoms with van der Waals surface area (Å²) in [5, 5.41) is 23.6. The van der Waals surface area contributed by atoms with Crippen LogP contribution in [0.1, 0.15) is 51.0 Å². The van der Waals surface area contributed by atoms with Gasteiger partial charge in [-0.25, -0.2) is 0 Å². The second-order valence-electron chi connectivity index (χ2n) is 5.63. The molecule has 1 unspecified atom stereocenters. The number of benzene rings is 1. The quantitative estimate of drug-likeness (QED) is 0.649. The predicted octanol–water partition coefficient (Wildman–Crippen LogP) is 4.24. The number of hydrogen-bond acceptors (Lipinski definition) is 4. The first kappa shape index (κ1) is 15.3. The third-order valence-electron chi connectivity index (χ3n) is 4.34. The monoisotopic (exact) mass is 287 g/mol. The van der Waals surface area contributed by atoms with Gasteiger partial charge < -0.3 is 5.32 Å². The molecule has 0 bridgehead atoms. The van der Waals surface area contributed by atoms with E-state index in [1.54, 1.807) is 12.1 Å². The van der Waals surface area contributed by atoms with E-state index in [1.165, 1.54) is 38.2 Å². The van der Waals surface area contributed by atoms with Gasteiger partial charge in [-0.05, 0) is 37.3 Å². The molecule has 1 aromatic rings. The van der Waals surface area contributed by atoms with E-state index >= 15 is 0 Å². The third kappa shape index (κ3) is 3.52. The predicted molar refractivity (Wildman–Crippen MR) is 82.1 cm³/mol. The number of nitro groups is 1. The molecule has 2 rings (SSSR count). The lowest BCUT2D eigenvalue weighted by Gasteiger charge is -2.30. The zero-order valence-corrected chi connectivity index (χ0v) is 12.3. The molecule has 1 aliphatic carbocycles. The first-order valence-electron chi connectivity index (χ1n) is 7.61. The zero-order valence-electron chi connectivity index (χ0n) is 12.3. The van der Waals surface area contributed by atoms with E-state index in [9.17, 15) is 10.1 Å². The van der Waals surface area contributed by atoms with Crippen LogP contribution in [0.5, 0.6) is 0 Å². The Hall–Kier alpha value is -2.09. The molecule has 0 amide bonds. The lowest BCUT2D eigenvalue weighted by molar-refractivity contribution is -0.384. The highest BCUT2D eigenvalue weighted by molar-refractivity contribution is 5.68. The summed E-state index contributed by atoms with van der Waals surface area (Å²) in [6.45, 7) is 2.10. The molecule has 21 heavy (non-hydrogen) atoms. The van der Waals surface area contributed by atoms with Gasteiger partial charge in [0.25, 0.3) is 0 Å². The Morgan fingerprint density at radius 3 is 2.71 bits per heavy atom. The Kier molecular flexibility index (Phi) is 5.15. The zero-order chi connectivity index (χ0) is 15.2. The molecule has 0 aliphatic heterocycles. The molecule has 1 aromatic carbocycles. The lowest BCUT2D eigenvalue weighted by Crippen LogP contribution is -2.30. The molecule has 0 spiro atoms. The topological polar surface area (TPSA) is 79.0 Å². The Morgan fingerprint density at radius 1 is 1.43 bits per heavy atom. The molecule has 5 nitrogen and oxygen atoms in total. The lowest BCUT2D eigenvalue weighted by atomic mass is 9.83. The van der Waals surface area contributed by atoms with Crippen LogP contribution < -0.4 is 5.32 Å². The number of anilines is 1. The summed E-state index contributed by atoms with van der Waals surface area (Å²) in [6.07, 6.45) is 7.05. The maximum Gasteiger partial charge on any atom is 0.309 e. The number of nitrogens with zero attached hydrogens (tertiary/aromatic N) is 2. The smallest absolute Gasteiger partial charge is 0.309 e. The Balaban J connectivity index is 2.25. The van der Waals surface area contributed by atoms with Crippen molar-refractivity contribution in [2.45, 2.75) is 51.5 Å². The van der Waals surface area contributed by atoms with Crippen molar-refractivity contribution in [2.24, 2.45) is 5.92 Å². The van der Waals surface area contributed by atoms with Crippen molar-refractivity contribution in [3.63, 3.8) is 0 Å². The van der Waals surface area contributed by atoms with Crippen molar-refractivity contribution in [3.05, 3.63) is 33.9 Å². The Labute approximate surface area is 125 Å². The summed E-state index contributed by atoms with van der Waals surface area (Å²) in [5.74, 6) is 0.564. The Bertz CT molecular complexity index is 545. The minimum absolute atomic E-state index is 0.103. The van der Waals surface area contributed by atoms with E-state index in [4.69, 9.17) is 5.26 Å². The number of nitrogens with one attached hydrogen (secondary N) is 1. The second-order valence-corrected chi connectivity index (χ2v) is 5.63. The summed E-state index contributed by atoms with van der Waals surface area (Å²) >= 11 is 0. The fourth-order valence-corrected chi connectivity index (χ4v) is 3.24. The first-order chi connectivity index (χ1) is 10.2. The maximum atomic E-state index is 11.3. The number of rotatable bonds is 5. The molecule has 5 heteroatoms. The fourth-order valence-electron chi connectivity index (χ4n) is 3.24. The highest BCUT2D eigenvalue weighted by atomic mass is 16.6. The molecular formula is C16H21N3O2. The molecule has 0 radical (unpaired) electrons. The van der Waals surface area contributed by atoms with Gasteiger partial charge in [0, 0.05) is 6.04 Å². The number of para-hydroxylation sites is 1. The van der Waals surface area contributed by atoms with Crippen molar-refractivity contribution < 1.29 is 4.92 Å². The summed E-state index contributed by atoms with van der Waals surface area (Å²) in [4.78, 5) is 10.8. The number of nitro benzene ring substituents is 1. The molecule has 1 N–H and O–H groups in total. The van der Waals surface area contributed by atoms with Crippen LogP contribution in [0.25, 0.3) is 0 Å². The molecule has 112 valence electrons. The van der Waals surface area contributed by atoms with Crippen LogP contribution in [0, 0.1) is 27.4 Å². The molecule has 1 saturated carbocycles. The van der Waals surface area contributed by atoms with Gasteiger partial charge in [-0.1, -0.05) is 32.3 Å². The van der Waals surface area contributed by atoms with E-state index in [-0.39, 0.29) is 17.3 Å². The second kappa shape index (κ2) is 7.07. The van der Waals surface area contributed by atoms with Gasteiger partial charge in [0.05, 0.1) is 4.92 Å². The molecule has 1 atom stereocenters. The average Bonchev–Trinajstić information content (AvgIpc) is 2.52. The summed E-state index contributed by atoms with van der Waals surface area (Å²) in [5.41, 5.74) is 0.481. The van der Waals surface area contributed by atoms with Crippen LogP contribution in [0.2, 0.25) is 0 Å². The van der Waals surface area contributed by atoms with Crippen LogP contribution in [-0.4, -0.2) is 11.0 Å². The minimum atomic E-state index is -0.464. The summed E-state index contributed by atoms with van der Waals surface area (Å²) in [6, 6.07) is 7.03. The molecule has 0 saturated heterocycles. The third-order valence-corrected chi connectivity index (χ3v) is 4.34. The van der Waals surface area contributed by atoms with Gasteiger partial charge >= 0.3 is 5.69 Å². The number of nitriles is 1. The maximum absolute atomic E-state index is 11.3. The largest absolute Gasteiger partial charge is 0.376 e. The van der Waals surface area contributed by atoms with Gasteiger partial charge in [0.2, 0.25) is 0 Å². The van der Waals surface area contributed by atoms with Crippen LogP contribution in [0.15, 0.2) is 18.2 Å². The van der Waals surface area contributed by atoms with Crippen LogP contribution in [0.3, 0.4) is 0 Å². The van der Waals surface area contributed by atoms with Gasteiger partial charge in [0.15, 0.2) is 0 Å². The molecule has 1 aliphatic rings. The van der Waals surface area contributed by atoms with E-state index in [0.29, 0.717) is 11.6 Å². The van der Waals surface area contributed by atoms with Crippen molar-refractivity contribution in [1.82, 2.24) is 0 Å². The molecule has 0 aromatic heterocycles. The molecule has 0 heterocycles. The molecule has 1 fully saturated rings. The minimum Gasteiger partial charge on any atom is -0.376 e. The normalized spacial score (nSPS) is 17.0. The van der Waals surface area contributed by atoms with Crippen LogP contribution in [-0.2, 0) is 0 Å². The van der Waals surface area contributed by atoms with Crippen molar-refractivity contribution >= 4 is 11.4 Å². The van der Waals surface area contributed by atoms with E-state index in [1.807, 2.05) is 6.07 Å². The van der Waals surface area contributed by atoms with E-state index in [2.05, 4.69) is 12.2 Å². The van der Waals surface area contributed by atoms with Gasteiger partial charge in [0.1, 0.15) is 17.3 Å². The summed E-state index contributed by atoms with van der Waals surface area (Å²) < 4.78 is 0. The highest BCUT2D eigenvalue weighted by Crippen LogP contribution is 2.33. The van der Waals surface area contributed by atoms with Crippen LogP contribution in [0.4, 0.5) is 11.4 Å². The van der Waals surface area contributed by atoms with Crippen LogP contribution >= 0.6 is 0 Å². The molecular weight excluding hydrogens is 266 g/mol. The first-order valence-corrected chi connectivity index (χ1v) is 7.61. The Morgan fingerprint density at radius 2 is 2.14 bits per heavy atom. The summed E-state index contributed by atoms with van der Waals surface area (Å²) in [7, 11) is 0. The highest BCUT2D eigenvalue weighted by Gasteiger charge is 2.26. The van der Waals surface area contributed by atoms with Gasteiger partial charge in [-0.3, -0.25) is 10.1 Å². The van der Waals surface area contributed by atoms with E-state index < -0.39 is 4.92 Å². The van der Waals surface area contributed by atoms with Gasteiger partial charge in [-0.2, -0.15) is 5.26 Å². The number of hydrogen-bond donors (Lipinski definition) is 1. The average molecular weight is 287 g/mol. The van der Waals surface area contributed by atoms with Crippen molar-refractivity contribution in [1.29, 1.82) is 5.26 Å². The van der Waals surface area contributed by atoms with Crippen molar-refractivity contribution in [2.75, 3.05) is 5.32 Å². The van der Waals surface area contributed by atoms with Gasteiger partial charge in [-0.15, -0.1) is 0 Å². The standard InChI is InChI=1S/C16H21N3O2/c1-2-14(12-7-4-3-5-8-12)18-15-10-6-9-13(11-17)16(15)19(20)21/h6,9-10,12,14,18H,2-5,7-8H2,1H3. The fraction of sp³-hybridized carbons (Fsp3) is 0.562. The van der Waals surface area contributed by atoms with E-state index in [0.717, 1.165) is 6.42 Å².